The minimum absolute atomic E-state index is 0.0661. The quantitative estimate of drug-likeness (QED) is 0.874. The fraction of sp³-hybridized carbons (Fsp3) is 0.562. The molecular weight excluding hydrogens is 296 g/mol. The second-order valence-corrected chi connectivity index (χ2v) is 6.79. The van der Waals surface area contributed by atoms with Crippen LogP contribution in [0.5, 0.6) is 0 Å². The number of piperidine rings is 1. The van der Waals surface area contributed by atoms with E-state index in [1.165, 1.54) is 0 Å². The van der Waals surface area contributed by atoms with Gasteiger partial charge < -0.3 is 4.90 Å². The third kappa shape index (κ3) is 2.92. The number of aromatic nitrogens is 3. The highest BCUT2D eigenvalue weighted by Crippen LogP contribution is 2.26. The van der Waals surface area contributed by atoms with Gasteiger partial charge in [-0.25, -0.2) is 9.67 Å². The molecule has 0 spiro atoms. The predicted octanol–water partition coefficient (Wildman–Crippen LogP) is 2.92. The second-order valence-electron chi connectivity index (χ2n) is 6.01. The average molecular weight is 318 g/mol. The van der Waals surface area contributed by atoms with E-state index in [1.807, 2.05) is 41.8 Å². The molecule has 3 rings (SSSR count). The van der Waals surface area contributed by atoms with E-state index in [0.717, 1.165) is 43.1 Å². The molecule has 0 unspecified atom stereocenters. The smallest absolute Gasteiger partial charge is 0.229 e. The van der Waals surface area contributed by atoms with E-state index in [9.17, 15) is 4.79 Å². The molecule has 1 fully saturated rings. The summed E-state index contributed by atoms with van der Waals surface area (Å²) in [6.45, 7) is 7.47. The molecule has 1 saturated heterocycles. The van der Waals surface area contributed by atoms with E-state index in [1.54, 1.807) is 11.3 Å². The summed E-state index contributed by atoms with van der Waals surface area (Å²) in [4.78, 5) is 19.1. The zero-order valence-corrected chi connectivity index (χ0v) is 14.1. The van der Waals surface area contributed by atoms with Gasteiger partial charge in [0, 0.05) is 13.1 Å². The molecule has 3 heterocycles. The Morgan fingerprint density at radius 1 is 1.45 bits per heavy atom. The lowest BCUT2D eigenvalue weighted by atomic mass is 9.99. The van der Waals surface area contributed by atoms with Crippen molar-refractivity contribution in [1.82, 2.24) is 19.7 Å². The van der Waals surface area contributed by atoms with E-state index in [0.29, 0.717) is 0 Å². The number of hydrogen-bond donors (Lipinski definition) is 0. The molecule has 1 amide bonds. The molecule has 5 nitrogen and oxygen atoms in total. The first-order valence-corrected chi connectivity index (χ1v) is 8.71. The van der Waals surface area contributed by atoms with E-state index in [4.69, 9.17) is 0 Å². The number of aryl methyl sites for hydroxylation is 2. The lowest BCUT2D eigenvalue weighted by Gasteiger charge is -2.34. The van der Waals surface area contributed by atoms with Crippen LogP contribution in [0.15, 0.2) is 16.8 Å². The number of likely N-dealkylation sites (tertiary alicyclic amines) is 1. The molecule has 0 radical (unpaired) electrons. The Morgan fingerprint density at radius 2 is 2.27 bits per heavy atom. The Kier molecular flexibility index (Phi) is 4.29. The van der Waals surface area contributed by atoms with E-state index in [-0.39, 0.29) is 17.9 Å². The Labute approximate surface area is 135 Å². The summed E-state index contributed by atoms with van der Waals surface area (Å²) in [5.41, 5.74) is 1.12. The van der Waals surface area contributed by atoms with Gasteiger partial charge >= 0.3 is 0 Å². The molecule has 2 atom stereocenters. The largest absolute Gasteiger partial charge is 0.340 e. The zero-order chi connectivity index (χ0) is 15.7. The first-order chi connectivity index (χ1) is 10.6. The van der Waals surface area contributed by atoms with Gasteiger partial charge in [0.05, 0.1) is 12.0 Å². The fourth-order valence-corrected chi connectivity index (χ4v) is 3.93. The number of thiophene rings is 1. The Morgan fingerprint density at radius 3 is 2.91 bits per heavy atom. The summed E-state index contributed by atoms with van der Waals surface area (Å²) in [7, 11) is 0. The first kappa shape index (κ1) is 15.2. The molecule has 2 aromatic rings. The monoisotopic (exact) mass is 318 g/mol. The predicted molar refractivity (Wildman–Crippen MR) is 87.1 cm³/mol. The van der Waals surface area contributed by atoms with E-state index >= 15 is 0 Å². The van der Waals surface area contributed by atoms with Crippen LogP contribution in [0.3, 0.4) is 0 Å². The van der Waals surface area contributed by atoms with Crippen molar-refractivity contribution in [2.75, 3.05) is 13.1 Å². The van der Waals surface area contributed by atoms with Gasteiger partial charge in [0.2, 0.25) is 5.91 Å². The van der Waals surface area contributed by atoms with Crippen molar-refractivity contribution in [3.05, 3.63) is 34.0 Å². The van der Waals surface area contributed by atoms with Crippen molar-refractivity contribution < 1.29 is 4.79 Å². The lowest BCUT2D eigenvalue weighted by Crippen LogP contribution is -2.42. The minimum atomic E-state index is -0.0661. The van der Waals surface area contributed by atoms with E-state index in [2.05, 4.69) is 15.5 Å². The lowest BCUT2D eigenvalue weighted by molar-refractivity contribution is -0.134. The van der Waals surface area contributed by atoms with Crippen molar-refractivity contribution in [3.8, 4) is 0 Å². The minimum Gasteiger partial charge on any atom is -0.340 e. The summed E-state index contributed by atoms with van der Waals surface area (Å²) >= 11 is 1.64. The highest BCUT2D eigenvalue weighted by atomic mass is 32.1. The van der Waals surface area contributed by atoms with Crippen LogP contribution in [-0.2, 0) is 4.79 Å². The van der Waals surface area contributed by atoms with Crippen LogP contribution < -0.4 is 0 Å². The molecule has 118 valence electrons. The van der Waals surface area contributed by atoms with Crippen molar-refractivity contribution in [2.24, 2.45) is 0 Å². The molecule has 0 bridgehead atoms. The Balaban J connectivity index is 1.73. The van der Waals surface area contributed by atoms with E-state index < -0.39 is 0 Å². The Bertz CT molecular complexity index is 649. The van der Waals surface area contributed by atoms with Crippen LogP contribution in [0.4, 0.5) is 0 Å². The summed E-state index contributed by atoms with van der Waals surface area (Å²) in [5.74, 6) is 1.89. The normalized spacial score (nSPS) is 20.1. The maximum Gasteiger partial charge on any atom is 0.229 e. The fourth-order valence-electron chi connectivity index (χ4n) is 3.17. The summed E-state index contributed by atoms with van der Waals surface area (Å²) < 4.78 is 1.99. The van der Waals surface area contributed by atoms with Gasteiger partial charge in [0.15, 0.2) is 0 Å². The molecule has 0 N–H and O–H groups in total. The Hall–Kier alpha value is -1.69. The SMILES string of the molecule is Cc1nc(C)n([C@H]2CCCN(C(=O)[C@H](C)c3ccsc3)C2)n1. The average Bonchev–Trinajstić information content (AvgIpc) is 3.15. The molecule has 1 aliphatic heterocycles. The van der Waals surface area contributed by atoms with Gasteiger partial charge in [-0.1, -0.05) is 0 Å². The maximum absolute atomic E-state index is 12.7. The van der Waals surface area contributed by atoms with Crippen LogP contribution in [0.1, 0.15) is 48.9 Å². The van der Waals surface area contributed by atoms with Crippen molar-refractivity contribution in [1.29, 1.82) is 0 Å². The number of amides is 1. The highest BCUT2D eigenvalue weighted by molar-refractivity contribution is 7.08. The van der Waals surface area contributed by atoms with Gasteiger partial charge in [-0.3, -0.25) is 4.79 Å². The second kappa shape index (κ2) is 6.20. The molecule has 0 saturated carbocycles. The van der Waals surface area contributed by atoms with Crippen LogP contribution in [-0.4, -0.2) is 38.7 Å². The molecule has 1 aliphatic rings. The first-order valence-electron chi connectivity index (χ1n) is 7.77. The molecule has 0 aromatic carbocycles. The number of hydrogen-bond acceptors (Lipinski definition) is 4. The zero-order valence-electron chi connectivity index (χ0n) is 13.3. The van der Waals surface area contributed by atoms with Gasteiger partial charge in [0.1, 0.15) is 11.6 Å². The third-order valence-corrected chi connectivity index (χ3v) is 5.08. The van der Waals surface area contributed by atoms with Crippen molar-refractivity contribution >= 4 is 17.2 Å². The summed E-state index contributed by atoms with van der Waals surface area (Å²) in [6.07, 6.45) is 2.07. The standard InChI is InChI=1S/C16H22N4OS/c1-11(14-6-8-22-10-14)16(21)19-7-4-5-15(9-19)20-13(3)17-12(2)18-20/h6,8,10-11,15H,4-5,7,9H2,1-3H3/t11-,15+/m1/s1. The molecule has 0 aliphatic carbocycles. The van der Waals surface area contributed by atoms with Gasteiger partial charge in [-0.15, -0.1) is 0 Å². The number of nitrogens with zero attached hydrogens (tertiary/aromatic N) is 4. The van der Waals surface area contributed by atoms with Gasteiger partial charge in [-0.2, -0.15) is 16.4 Å². The summed E-state index contributed by atoms with van der Waals surface area (Å²) in [6, 6.07) is 2.29. The van der Waals surface area contributed by atoms with Crippen LogP contribution in [0.25, 0.3) is 0 Å². The summed E-state index contributed by atoms with van der Waals surface area (Å²) in [5, 5.41) is 8.58. The van der Waals surface area contributed by atoms with Crippen LogP contribution in [0, 0.1) is 13.8 Å². The highest BCUT2D eigenvalue weighted by Gasteiger charge is 2.29. The number of carbonyl (C=O) groups excluding carboxylic acids is 1. The van der Waals surface area contributed by atoms with Crippen LogP contribution >= 0.6 is 11.3 Å². The molecular formula is C16H22N4OS. The van der Waals surface area contributed by atoms with Gasteiger partial charge in [0.25, 0.3) is 0 Å². The van der Waals surface area contributed by atoms with Crippen molar-refractivity contribution in [3.63, 3.8) is 0 Å². The van der Waals surface area contributed by atoms with Gasteiger partial charge in [-0.05, 0) is 56.0 Å². The number of carbonyl (C=O) groups is 1. The molecule has 22 heavy (non-hydrogen) atoms. The topological polar surface area (TPSA) is 51.0 Å². The maximum atomic E-state index is 12.7. The van der Waals surface area contributed by atoms with Crippen LogP contribution in [0.2, 0.25) is 0 Å². The molecule has 6 heteroatoms. The number of rotatable bonds is 3. The molecule has 2 aromatic heterocycles. The van der Waals surface area contributed by atoms with Crippen molar-refractivity contribution in [2.45, 2.75) is 45.6 Å². The third-order valence-electron chi connectivity index (χ3n) is 4.38.